The average Bonchev–Trinajstić information content (AvgIpc) is 3.18. The molecule has 1 aromatic rings. The Morgan fingerprint density at radius 3 is 2.55 bits per heavy atom. The van der Waals surface area contributed by atoms with Gasteiger partial charge in [0.05, 0.1) is 18.3 Å². The maximum Gasteiger partial charge on any atom is 0.412 e. The van der Waals surface area contributed by atoms with E-state index < -0.39 is 17.2 Å². The largest absolute Gasteiger partial charge is 0.495 e. The molecule has 1 amide bonds. The van der Waals surface area contributed by atoms with Gasteiger partial charge in [0.2, 0.25) is 6.08 Å². The predicted molar refractivity (Wildman–Crippen MR) is 81.9 cm³/mol. The van der Waals surface area contributed by atoms with E-state index in [9.17, 15) is 9.59 Å². The maximum absolute atomic E-state index is 11.9. The van der Waals surface area contributed by atoms with Crippen LogP contribution in [0.3, 0.4) is 0 Å². The summed E-state index contributed by atoms with van der Waals surface area (Å²) >= 11 is 0. The Bertz CT molecular complexity index is 624. The van der Waals surface area contributed by atoms with Gasteiger partial charge < -0.3 is 9.47 Å². The second-order valence-corrected chi connectivity index (χ2v) is 6.28. The molecular weight excluding hydrogens is 284 g/mol. The van der Waals surface area contributed by atoms with Crippen molar-refractivity contribution in [2.45, 2.75) is 44.8 Å². The SMILES string of the molecule is COc1ccc(C2(N=C=O)CC2)cc1NC(=O)OC(C)(C)C. The number of amides is 1. The van der Waals surface area contributed by atoms with E-state index in [1.165, 1.54) is 7.11 Å². The first kappa shape index (κ1) is 16.0. The maximum atomic E-state index is 11.9. The Labute approximate surface area is 129 Å². The number of hydrogen-bond donors (Lipinski definition) is 1. The van der Waals surface area contributed by atoms with Crippen LogP contribution in [0.2, 0.25) is 0 Å². The van der Waals surface area contributed by atoms with Gasteiger partial charge in [-0.1, -0.05) is 6.07 Å². The number of methoxy groups -OCH3 is 1. The van der Waals surface area contributed by atoms with E-state index in [0.29, 0.717) is 11.4 Å². The van der Waals surface area contributed by atoms with Gasteiger partial charge in [0.25, 0.3) is 0 Å². The van der Waals surface area contributed by atoms with Crippen molar-refractivity contribution < 1.29 is 19.1 Å². The highest BCUT2D eigenvalue weighted by atomic mass is 16.6. The monoisotopic (exact) mass is 304 g/mol. The fourth-order valence-electron chi connectivity index (χ4n) is 2.18. The lowest BCUT2D eigenvalue weighted by molar-refractivity contribution is 0.0635. The van der Waals surface area contributed by atoms with Crippen molar-refractivity contribution in [1.82, 2.24) is 0 Å². The van der Waals surface area contributed by atoms with E-state index in [0.717, 1.165) is 18.4 Å². The number of aliphatic imine (C=N–C) groups is 1. The Kier molecular flexibility index (Phi) is 4.24. The van der Waals surface area contributed by atoms with E-state index in [1.807, 2.05) is 6.07 Å². The molecule has 0 spiro atoms. The highest BCUT2D eigenvalue weighted by Crippen LogP contribution is 2.50. The van der Waals surface area contributed by atoms with Crippen LogP contribution in [-0.4, -0.2) is 24.9 Å². The summed E-state index contributed by atoms with van der Waals surface area (Å²) < 4.78 is 10.5. The zero-order valence-electron chi connectivity index (χ0n) is 13.2. The molecular formula is C16H20N2O4. The quantitative estimate of drug-likeness (QED) is 0.683. The molecule has 2 rings (SSSR count). The van der Waals surface area contributed by atoms with Crippen LogP contribution < -0.4 is 10.1 Å². The second kappa shape index (κ2) is 5.81. The molecule has 1 saturated carbocycles. The summed E-state index contributed by atoms with van der Waals surface area (Å²) in [6, 6.07) is 5.34. The van der Waals surface area contributed by atoms with Crippen molar-refractivity contribution in [2.24, 2.45) is 4.99 Å². The molecule has 1 aromatic carbocycles. The molecule has 6 heteroatoms. The summed E-state index contributed by atoms with van der Waals surface area (Å²) in [7, 11) is 1.52. The third kappa shape index (κ3) is 3.65. The Morgan fingerprint density at radius 2 is 2.05 bits per heavy atom. The Morgan fingerprint density at radius 1 is 1.36 bits per heavy atom. The van der Waals surface area contributed by atoms with Crippen LogP contribution in [0.25, 0.3) is 0 Å². The van der Waals surface area contributed by atoms with E-state index in [1.54, 1.807) is 39.0 Å². The Hall–Kier alpha value is -2.33. The fourth-order valence-corrected chi connectivity index (χ4v) is 2.18. The molecule has 1 fully saturated rings. The number of anilines is 1. The number of nitrogens with zero attached hydrogens (tertiary/aromatic N) is 1. The normalized spacial score (nSPS) is 15.5. The van der Waals surface area contributed by atoms with Crippen molar-refractivity contribution in [3.05, 3.63) is 23.8 Å². The lowest BCUT2D eigenvalue weighted by Gasteiger charge is -2.21. The lowest BCUT2D eigenvalue weighted by atomic mass is 10.0. The van der Waals surface area contributed by atoms with Gasteiger partial charge in [-0.3, -0.25) is 5.32 Å². The van der Waals surface area contributed by atoms with E-state index in [4.69, 9.17) is 9.47 Å². The minimum atomic E-state index is -0.589. The molecule has 0 aromatic heterocycles. The van der Waals surface area contributed by atoms with Gasteiger partial charge in [-0.25, -0.2) is 9.59 Å². The molecule has 0 heterocycles. The molecule has 0 unspecified atom stereocenters. The fraction of sp³-hybridized carbons (Fsp3) is 0.500. The molecule has 118 valence electrons. The predicted octanol–water partition coefficient (Wildman–Crippen LogP) is 3.37. The van der Waals surface area contributed by atoms with Crippen LogP contribution in [0.1, 0.15) is 39.2 Å². The minimum absolute atomic E-state index is 0.488. The number of carbonyl (C=O) groups is 1. The van der Waals surface area contributed by atoms with Crippen LogP contribution in [0.5, 0.6) is 5.75 Å². The minimum Gasteiger partial charge on any atom is -0.495 e. The standard InChI is InChI=1S/C16H20N2O4/c1-15(2,3)22-14(20)18-12-9-11(5-6-13(12)21-4)16(7-8-16)17-10-19/h5-6,9H,7-8H2,1-4H3,(H,18,20). The average molecular weight is 304 g/mol. The molecule has 0 radical (unpaired) electrons. The first-order valence-electron chi connectivity index (χ1n) is 7.07. The number of rotatable bonds is 4. The molecule has 1 aliphatic rings. The topological polar surface area (TPSA) is 77.0 Å². The summed E-state index contributed by atoms with van der Waals surface area (Å²) in [5, 5.41) is 2.67. The summed E-state index contributed by atoms with van der Waals surface area (Å²) in [6.07, 6.45) is 2.64. The van der Waals surface area contributed by atoms with E-state index >= 15 is 0 Å². The van der Waals surface area contributed by atoms with Crippen molar-refractivity contribution in [2.75, 3.05) is 12.4 Å². The third-order valence-corrected chi connectivity index (χ3v) is 3.36. The first-order chi connectivity index (χ1) is 10.3. The molecule has 0 aliphatic heterocycles. The number of benzene rings is 1. The molecule has 0 saturated heterocycles. The van der Waals surface area contributed by atoms with E-state index in [-0.39, 0.29) is 0 Å². The number of carbonyl (C=O) groups excluding carboxylic acids is 2. The van der Waals surface area contributed by atoms with Crippen molar-refractivity contribution in [3.8, 4) is 5.75 Å². The first-order valence-corrected chi connectivity index (χ1v) is 7.07. The van der Waals surface area contributed by atoms with Gasteiger partial charge in [0, 0.05) is 0 Å². The molecule has 6 nitrogen and oxygen atoms in total. The molecule has 1 aliphatic carbocycles. The van der Waals surface area contributed by atoms with Gasteiger partial charge in [0.1, 0.15) is 11.4 Å². The summed E-state index contributed by atoms with van der Waals surface area (Å²) in [5.74, 6) is 0.514. The van der Waals surface area contributed by atoms with Gasteiger partial charge in [0.15, 0.2) is 0 Å². The number of hydrogen-bond acceptors (Lipinski definition) is 5. The zero-order chi connectivity index (χ0) is 16.4. The third-order valence-electron chi connectivity index (χ3n) is 3.36. The molecule has 22 heavy (non-hydrogen) atoms. The molecule has 0 atom stereocenters. The summed E-state index contributed by atoms with van der Waals surface area (Å²) in [6.45, 7) is 5.37. The van der Waals surface area contributed by atoms with Crippen molar-refractivity contribution >= 4 is 17.9 Å². The highest BCUT2D eigenvalue weighted by Gasteiger charge is 2.45. The van der Waals surface area contributed by atoms with Gasteiger partial charge in [-0.05, 0) is 51.3 Å². The van der Waals surface area contributed by atoms with Crippen LogP contribution in [0, 0.1) is 0 Å². The number of isocyanates is 1. The molecule has 0 bridgehead atoms. The second-order valence-electron chi connectivity index (χ2n) is 6.28. The lowest BCUT2D eigenvalue weighted by Crippen LogP contribution is -2.27. The zero-order valence-corrected chi connectivity index (χ0v) is 13.2. The van der Waals surface area contributed by atoms with Crippen molar-refractivity contribution in [3.63, 3.8) is 0 Å². The van der Waals surface area contributed by atoms with Crippen LogP contribution in [0.15, 0.2) is 23.2 Å². The number of ether oxygens (including phenoxy) is 2. The Balaban J connectivity index is 2.26. The van der Waals surface area contributed by atoms with Crippen LogP contribution >= 0.6 is 0 Å². The van der Waals surface area contributed by atoms with Gasteiger partial charge >= 0.3 is 6.09 Å². The van der Waals surface area contributed by atoms with Crippen LogP contribution in [0.4, 0.5) is 10.5 Å². The highest BCUT2D eigenvalue weighted by molar-refractivity contribution is 5.87. The number of nitrogens with one attached hydrogen (secondary N) is 1. The van der Waals surface area contributed by atoms with Gasteiger partial charge in [-0.15, -0.1) is 0 Å². The smallest absolute Gasteiger partial charge is 0.412 e. The summed E-state index contributed by atoms with van der Waals surface area (Å²) in [4.78, 5) is 26.4. The molecule has 1 N–H and O–H groups in total. The summed E-state index contributed by atoms with van der Waals surface area (Å²) in [5.41, 5.74) is 0.247. The van der Waals surface area contributed by atoms with Gasteiger partial charge in [-0.2, -0.15) is 4.99 Å². The van der Waals surface area contributed by atoms with Crippen LogP contribution in [-0.2, 0) is 15.1 Å². The van der Waals surface area contributed by atoms with E-state index in [2.05, 4.69) is 10.3 Å². The van der Waals surface area contributed by atoms with Crippen molar-refractivity contribution in [1.29, 1.82) is 0 Å².